The van der Waals surface area contributed by atoms with E-state index in [4.69, 9.17) is 14.3 Å². The van der Waals surface area contributed by atoms with Gasteiger partial charge in [0.1, 0.15) is 17.1 Å². The molecule has 5 nitrogen and oxygen atoms in total. The van der Waals surface area contributed by atoms with Gasteiger partial charge in [0.15, 0.2) is 6.10 Å². The average Bonchev–Trinajstić information content (AvgIpc) is 2.54. The van der Waals surface area contributed by atoms with Gasteiger partial charge in [-0.15, -0.1) is 0 Å². The number of benzene rings is 2. The van der Waals surface area contributed by atoms with Crippen LogP contribution in [0, 0.1) is 5.82 Å². The number of rotatable bonds is 4. The molecule has 0 amide bonds. The minimum Gasteiger partial charge on any atom is -0.479 e. The van der Waals surface area contributed by atoms with Crippen molar-refractivity contribution >= 4 is 16.9 Å². The molecule has 0 fully saturated rings. The molecule has 1 unspecified atom stereocenters. The van der Waals surface area contributed by atoms with Crippen LogP contribution < -0.4 is 10.4 Å². The third-order valence-corrected chi connectivity index (χ3v) is 3.52. The molecule has 0 saturated heterocycles. The van der Waals surface area contributed by atoms with Crippen LogP contribution in [0.3, 0.4) is 0 Å². The first-order valence-electron chi connectivity index (χ1n) is 7.18. The van der Waals surface area contributed by atoms with Gasteiger partial charge in [-0.1, -0.05) is 30.3 Å². The van der Waals surface area contributed by atoms with Gasteiger partial charge in [-0.25, -0.2) is 14.0 Å². The van der Waals surface area contributed by atoms with Crippen LogP contribution in [0.15, 0.2) is 57.7 Å². The van der Waals surface area contributed by atoms with Crippen LogP contribution in [-0.2, 0) is 4.79 Å². The quantitative estimate of drug-likeness (QED) is 0.742. The summed E-state index contributed by atoms with van der Waals surface area (Å²) in [4.78, 5) is 22.7. The van der Waals surface area contributed by atoms with Crippen LogP contribution in [0.2, 0.25) is 0 Å². The SMILES string of the molecule is CC(Oc1cc(F)c2c(-c3ccccc3)cc(=O)oc2c1)C(=O)O. The summed E-state index contributed by atoms with van der Waals surface area (Å²) in [6.07, 6.45) is -1.16. The summed E-state index contributed by atoms with van der Waals surface area (Å²) < 4.78 is 24.8. The molecule has 6 heteroatoms. The molecule has 3 aromatic rings. The van der Waals surface area contributed by atoms with Gasteiger partial charge in [-0.2, -0.15) is 0 Å². The van der Waals surface area contributed by atoms with Gasteiger partial charge in [0, 0.05) is 23.8 Å². The minimum atomic E-state index is -1.19. The van der Waals surface area contributed by atoms with E-state index in [1.165, 1.54) is 19.1 Å². The molecule has 0 aliphatic carbocycles. The Morgan fingerprint density at radius 1 is 1.21 bits per heavy atom. The van der Waals surface area contributed by atoms with Crippen LogP contribution in [-0.4, -0.2) is 17.2 Å². The fraction of sp³-hybridized carbons (Fsp3) is 0.111. The molecule has 24 heavy (non-hydrogen) atoms. The lowest BCUT2D eigenvalue weighted by molar-refractivity contribution is -0.144. The molecule has 122 valence electrons. The maximum absolute atomic E-state index is 14.6. The number of fused-ring (bicyclic) bond motifs is 1. The Kier molecular flexibility index (Phi) is 4.04. The first kappa shape index (κ1) is 15.7. The molecule has 1 heterocycles. The van der Waals surface area contributed by atoms with Gasteiger partial charge in [0.25, 0.3) is 0 Å². The number of carboxylic acids is 1. The number of carbonyl (C=O) groups is 1. The van der Waals surface area contributed by atoms with Gasteiger partial charge >= 0.3 is 11.6 Å². The van der Waals surface area contributed by atoms with E-state index >= 15 is 0 Å². The molecule has 0 saturated carbocycles. The topological polar surface area (TPSA) is 76.7 Å². The van der Waals surface area contributed by atoms with Gasteiger partial charge in [0.05, 0.1) is 5.39 Å². The average molecular weight is 328 g/mol. The van der Waals surface area contributed by atoms with Gasteiger partial charge < -0.3 is 14.3 Å². The zero-order chi connectivity index (χ0) is 17.3. The summed E-state index contributed by atoms with van der Waals surface area (Å²) in [6.45, 7) is 1.32. The van der Waals surface area contributed by atoms with Crippen molar-refractivity contribution in [1.29, 1.82) is 0 Å². The highest BCUT2D eigenvalue weighted by atomic mass is 19.1. The second-order valence-electron chi connectivity index (χ2n) is 5.22. The number of hydrogen-bond acceptors (Lipinski definition) is 4. The first-order chi connectivity index (χ1) is 11.5. The van der Waals surface area contributed by atoms with E-state index in [0.717, 1.165) is 6.07 Å². The number of aliphatic carboxylic acids is 1. The molecule has 2 aromatic carbocycles. The molecule has 1 N–H and O–H groups in total. The summed E-state index contributed by atoms with van der Waals surface area (Å²) in [5, 5.41) is 9.01. The van der Waals surface area contributed by atoms with E-state index in [9.17, 15) is 14.0 Å². The Morgan fingerprint density at radius 3 is 2.58 bits per heavy atom. The predicted molar refractivity (Wildman–Crippen MR) is 85.6 cm³/mol. The van der Waals surface area contributed by atoms with Crippen LogP contribution in [0.25, 0.3) is 22.1 Å². The Bertz CT molecular complexity index is 962. The largest absolute Gasteiger partial charge is 0.479 e. The molecule has 0 aliphatic heterocycles. The van der Waals surface area contributed by atoms with E-state index in [1.807, 2.05) is 6.07 Å². The maximum atomic E-state index is 14.6. The van der Waals surface area contributed by atoms with Crippen LogP contribution in [0.5, 0.6) is 5.75 Å². The van der Waals surface area contributed by atoms with Crippen molar-refractivity contribution in [3.8, 4) is 16.9 Å². The van der Waals surface area contributed by atoms with E-state index < -0.39 is 23.5 Å². The van der Waals surface area contributed by atoms with Gasteiger partial charge in [-0.3, -0.25) is 0 Å². The van der Waals surface area contributed by atoms with Crippen molar-refractivity contribution in [2.45, 2.75) is 13.0 Å². The smallest absolute Gasteiger partial charge is 0.344 e. The van der Waals surface area contributed by atoms with E-state index in [2.05, 4.69) is 0 Å². The number of halogens is 1. The summed E-state index contributed by atoms with van der Waals surface area (Å²) in [6, 6.07) is 12.5. The Hall–Kier alpha value is -3.15. The standard InChI is InChI=1S/C18H13FO5/c1-10(18(21)22)23-12-7-14(19)17-13(11-5-3-2-4-6-11)9-16(20)24-15(17)8-12/h2-10H,1H3,(H,21,22). The third kappa shape index (κ3) is 2.99. The van der Waals surface area contributed by atoms with E-state index in [0.29, 0.717) is 11.1 Å². The van der Waals surface area contributed by atoms with Gasteiger partial charge in [-0.05, 0) is 12.5 Å². The van der Waals surface area contributed by atoms with Crippen molar-refractivity contribution in [1.82, 2.24) is 0 Å². The molecule has 1 atom stereocenters. The highest BCUT2D eigenvalue weighted by Crippen LogP contribution is 2.32. The van der Waals surface area contributed by atoms with Gasteiger partial charge in [0.2, 0.25) is 0 Å². The number of ether oxygens (including phenoxy) is 1. The van der Waals surface area contributed by atoms with Crippen LogP contribution in [0.4, 0.5) is 4.39 Å². The lowest BCUT2D eigenvalue weighted by Crippen LogP contribution is -2.22. The highest BCUT2D eigenvalue weighted by molar-refractivity contribution is 5.94. The molecule has 0 spiro atoms. The minimum absolute atomic E-state index is 0.00561. The molecule has 0 radical (unpaired) electrons. The Morgan fingerprint density at radius 2 is 1.92 bits per heavy atom. The first-order valence-corrected chi connectivity index (χ1v) is 7.18. The normalized spacial score (nSPS) is 12.1. The maximum Gasteiger partial charge on any atom is 0.344 e. The summed E-state index contributed by atoms with van der Waals surface area (Å²) in [7, 11) is 0. The zero-order valence-corrected chi connectivity index (χ0v) is 12.7. The third-order valence-electron chi connectivity index (χ3n) is 3.52. The van der Waals surface area contributed by atoms with Crippen LogP contribution >= 0.6 is 0 Å². The second kappa shape index (κ2) is 6.16. The fourth-order valence-electron chi connectivity index (χ4n) is 2.40. The molecule has 1 aromatic heterocycles. The Balaban J connectivity index is 2.19. The zero-order valence-electron chi connectivity index (χ0n) is 12.7. The second-order valence-corrected chi connectivity index (χ2v) is 5.22. The predicted octanol–water partition coefficient (Wildman–Crippen LogP) is 3.45. The molecular weight excluding hydrogens is 315 g/mol. The monoisotopic (exact) mass is 328 g/mol. The molecule has 3 rings (SSSR count). The summed E-state index contributed by atoms with van der Waals surface area (Å²) in [5.41, 5.74) is 0.428. The van der Waals surface area contributed by atoms with Crippen LogP contribution in [0.1, 0.15) is 6.92 Å². The summed E-state index contributed by atoms with van der Waals surface area (Å²) >= 11 is 0. The van der Waals surface area contributed by atoms with E-state index in [1.54, 1.807) is 24.3 Å². The lowest BCUT2D eigenvalue weighted by Gasteiger charge is -2.12. The van der Waals surface area contributed by atoms with Crippen molar-refractivity contribution in [2.75, 3.05) is 0 Å². The van der Waals surface area contributed by atoms with Crippen molar-refractivity contribution in [3.05, 3.63) is 64.8 Å². The fourth-order valence-corrected chi connectivity index (χ4v) is 2.40. The highest BCUT2D eigenvalue weighted by Gasteiger charge is 2.17. The lowest BCUT2D eigenvalue weighted by atomic mass is 10.0. The Labute approximate surface area is 135 Å². The van der Waals surface area contributed by atoms with E-state index in [-0.39, 0.29) is 16.7 Å². The number of hydrogen-bond donors (Lipinski definition) is 1. The van der Waals surface area contributed by atoms with Crippen molar-refractivity contribution in [2.24, 2.45) is 0 Å². The molecule has 0 bridgehead atoms. The number of carboxylic acid groups (broad SMARTS) is 1. The van der Waals surface area contributed by atoms with Crippen molar-refractivity contribution < 1.29 is 23.4 Å². The summed E-state index contributed by atoms with van der Waals surface area (Å²) in [5.74, 6) is -1.87. The molecule has 0 aliphatic rings. The molecular formula is C18H13FO5. The van der Waals surface area contributed by atoms with Crippen molar-refractivity contribution in [3.63, 3.8) is 0 Å².